The fraction of sp³-hybridized carbons (Fsp3) is 0.529. The summed E-state index contributed by atoms with van der Waals surface area (Å²) >= 11 is 0. The van der Waals surface area contributed by atoms with Gasteiger partial charge in [0.1, 0.15) is 18.2 Å². The molecule has 0 aliphatic carbocycles. The van der Waals surface area contributed by atoms with Crippen LogP contribution in [0.3, 0.4) is 0 Å². The van der Waals surface area contributed by atoms with E-state index in [2.05, 4.69) is 0 Å². The van der Waals surface area contributed by atoms with Crippen molar-refractivity contribution in [2.45, 2.75) is 19.3 Å². The van der Waals surface area contributed by atoms with E-state index in [9.17, 15) is 18.4 Å². The van der Waals surface area contributed by atoms with Crippen LogP contribution in [0.25, 0.3) is 0 Å². The molecule has 0 bridgehead atoms. The topological polar surface area (TPSA) is 49.9 Å². The van der Waals surface area contributed by atoms with Gasteiger partial charge in [-0.25, -0.2) is 8.78 Å². The highest BCUT2D eigenvalue weighted by Crippen LogP contribution is 2.13. The van der Waals surface area contributed by atoms with Gasteiger partial charge in [0.2, 0.25) is 11.8 Å². The number of halogens is 2. The van der Waals surface area contributed by atoms with Crippen LogP contribution in [0.5, 0.6) is 0 Å². The Morgan fingerprint density at radius 1 is 1.08 bits per heavy atom. The Bertz CT molecular complexity index is 595. The van der Waals surface area contributed by atoms with Crippen molar-refractivity contribution < 1.29 is 23.1 Å². The van der Waals surface area contributed by atoms with Crippen LogP contribution in [-0.4, -0.2) is 61.5 Å². The summed E-state index contributed by atoms with van der Waals surface area (Å²) in [5.74, 6) is -1.43. The van der Waals surface area contributed by atoms with Gasteiger partial charge in [-0.05, 0) is 24.5 Å². The second kappa shape index (κ2) is 8.73. The lowest BCUT2D eigenvalue weighted by atomic mass is 10.1. The van der Waals surface area contributed by atoms with Crippen molar-refractivity contribution in [3.8, 4) is 0 Å². The summed E-state index contributed by atoms with van der Waals surface area (Å²) in [5.41, 5.74) is 0.330. The number of ether oxygens (including phenoxy) is 1. The maximum absolute atomic E-state index is 13.6. The Labute approximate surface area is 140 Å². The zero-order valence-electron chi connectivity index (χ0n) is 13.8. The highest BCUT2D eigenvalue weighted by atomic mass is 19.1. The van der Waals surface area contributed by atoms with Crippen LogP contribution in [0.1, 0.15) is 18.4 Å². The first-order chi connectivity index (χ1) is 11.5. The monoisotopic (exact) mass is 340 g/mol. The first-order valence-corrected chi connectivity index (χ1v) is 7.99. The van der Waals surface area contributed by atoms with Crippen LogP contribution >= 0.6 is 0 Å². The molecule has 1 heterocycles. The largest absolute Gasteiger partial charge is 0.375 e. The second-order valence-corrected chi connectivity index (χ2v) is 5.78. The first kappa shape index (κ1) is 18.3. The Hall–Kier alpha value is -2.02. The van der Waals surface area contributed by atoms with Gasteiger partial charge in [0.05, 0.1) is 0 Å². The van der Waals surface area contributed by atoms with Gasteiger partial charge in [-0.15, -0.1) is 0 Å². The lowest BCUT2D eigenvalue weighted by Gasteiger charge is -2.22. The highest BCUT2D eigenvalue weighted by Gasteiger charge is 2.21. The Morgan fingerprint density at radius 2 is 1.75 bits per heavy atom. The predicted octanol–water partition coefficient (Wildman–Crippen LogP) is 1.60. The normalized spacial score (nSPS) is 15.3. The number of amides is 2. The fourth-order valence-corrected chi connectivity index (χ4v) is 2.76. The molecular formula is C17H22F2N2O3. The van der Waals surface area contributed by atoms with E-state index >= 15 is 0 Å². The van der Waals surface area contributed by atoms with Gasteiger partial charge < -0.3 is 14.5 Å². The molecule has 0 saturated carbocycles. The lowest BCUT2D eigenvalue weighted by Crippen LogP contribution is -2.38. The van der Waals surface area contributed by atoms with Gasteiger partial charge in [-0.2, -0.15) is 0 Å². The van der Waals surface area contributed by atoms with E-state index in [1.807, 2.05) is 0 Å². The molecule has 1 saturated heterocycles. The van der Waals surface area contributed by atoms with Crippen LogP contribution in [0.4, 0.5) is 8.78 Å². The molecule has 0 N–H and O–H groups in total. The summed E-state index contributed by atoms with van der Waals surface area (Å²) in [7, 11) is 1.47. The number of nitrogens with zero attached hydrogens (tertiary/aromatic N) is 2. The molecule has 2 amide bonds. The minimum Gasteiger partial charge on any atom is -0.375 e. The third-order valence-corrected chi connectivity index (χ3v) is 4.09. The second-order valence-electron chi connectivity index (χ2n) is 5.78. The van der Waals surface area contributed by atoms with Gasteiger partial charge in [-0.1, -0.05) is 6.07 Å². The third-order valence-electron chi connectivity index (χ3n) is 4.09. The minimum absolute atomic E-state index is 0.0395. The van der Waals surface area contributed by atoms with Gasteiger partial charge in [0.25, 0.3) is 0 Å². The van der Waals surface area contributed by atoms with Gasteiger partial charge in [0.15, 0.2) is 0 Å². The minimum atomic E-state index is -0.630. The summed E-state index contributed by atoms with van der Waals surface area (Å²) in [5, 5.41) is 0. The van der Waals surface area contributed by atoms with E-state index in [1.54, 1.807) is 9.80 Å². The van der Waals surface area contributed by atoms with Crippen molar-refractivity contribution in [1.82, 2.24) is 9.80 Å². The zero-order chi connectivity index (χ0) is 17.5. The van der Waals surface area contributed by atoms with Crippen LogP contribution < -0.4 is 0 Å². The number of carbonyl (C=O) groups is 2. The van der Waals surface area contributed by atoms with Crippen LogP contribution in [0.15, 0.2) is 18.2 Å². The van der Waals surface area contributed by atoms with E-state index in [4.69, 9.17) is 4.74 Å². The number of benzene rings is 1. The number of methoxy groups -OCH3 is 1. The van der Waals surface area contributed by atoms with Crippen molar-refractivity contribution >= 4 is 11.8 Å². The molecule has 0 radical (unpaired) electrons. The number of hydrogen-bond acceptors (Lipinski definition) is 3. The number of aryl methyl sites for hydroxylation is 1. The summed E-state index contributed by atoms with van der Waals surface area (Å²) in [6, 6.07) is 3.38. The fourth-order valence-electron chi connectivity index (χ4n) is 2.76. The molecule has 2 rings (SSSR count). The number of rotatable bonds is 5. The molecule has 24 heavy (non-hydrogen) atoms. The molecule has 1 aliphatic heterocycles. The van der Waals surface area contributed by atoms with Crippen molar-refractivity contribution in [2.24, 2.45) is 0 Å². The summed E-state index contributed by atoms with van der Waals surface area (Å²) in [6.45, 7) is 2.14. The van der Waals surface area contributed by atoms with Gasteiger partial charge in [0, 0.05) is 45.8 Å². The van der Waals surface area contributed by atoms with Crippen molar-refractivity contribution in [2.75, 3.05) is 39.9 Å². The molecule has 1 aromatic carbocycles. The average molecular weight is 340 g/mol. The maximum Gasteiger partial charge on any atom is 0.248 e. The first-order valence-electron chi connectivity index (χ1n) is 7.99. The molecule has 5 nitrogen and oxygen atoms in total. The molecule has 1 aliphatic rings. The van der Waals surface area contributed by atoms with E-state index in [0.29, 0.717) is 38.2 Å². The Kier molecular flexibility index (Phi) is 6.66. The maximum atomic E-state index is 13.6. The predicted molar refractivity (Wildman–Crippen MR) is 84.3 cm³/mol. The van der Waals surface area contributed by atoms with Crippen LogP contribution in [-0.2, 0) is 20.7 Å². The molecule has 0 unspecified atom stereocenters. The van der Waals surface area contributed by atoms with Crippen molar-refractivity contribution in [3.63, 3.8) is 0 Å². The Morgan fingerprint density at radius 3 is 2.38 bits per heavy atom. The van der Waals surface area contributed by atoms with Crippen molar-refractivity contribution in [3.05, 3.63) is 35.4 Å². The molecule has 0 aromatic heterocycles. The average Bonchev–Trinajstić information content (AvgIpc) is 2.80. The van der Waals surface area contributed by atoms with Gasteiger partial charge in [-0.3, -0.25) is 9.59 Å². The van der Waals surface area contributed by atoms with E-state index < -0.39 is 11.6 Å². The van der Waals surface area contributed by atoms with Gasteiger partial charge >= 0.3 is 0 Å². The van der Waals surface area contributed by atoms with Crippen LogP contribution in [0, 0.1) is 11.6 Å². The van der Waals surface area contributed by atoms with E-state index in [0.717, 1.165) is 6.07 Å². The Balaban J connectivity index is 1.85. The third kappa shape index (κ3) is 4.99. The molecular weight excluding hydrogens is 318 g/mol. The van der Waals surface area contributed by atoms with E-state index in [1.165, 1.54) is 19.2 Å². The van der Waals surface area contributed by atoms with E-state index in [-0.39, 0.29) is 31.3 Å². The molecule has 1 fully saturated rings. The quantitative estimate of drug-likeness (QED) is 0.818. The van der Waals surface area contributed by atoms with Crippen LogP contribution in [0.2, 0.25) is 0 Å². The SMILES string of the molecule is COCC(=O)N1CCCN(C(=O)CCc2ccc(F)cc2F)CC1. The summed E-state index contributed by atoms with van der Waals surface area (Å²) in [4.78, 5) is 27.5. The lowest BCUT2D eigenvalue weighted by molar-refractivity contribution is -0.136. The number of carbonyl (C=O) groups excluding carboxylic acids is 2. The molecule has 1 aromatic rings. The molecule has 0 spiro atoms. The molecule has 132 valence electrons. The summed E-state index contributed by atoms with van der Waals surface area (Å²) < 4.78 is 31.3. The molecule has 0 atom stereocenters. The number of hydrogen-bond donors (Lipinski definition) is 0. The highest BCUT2D eigenvalue weighted by molar-refractivity contribution is 5.78. The molecule has 7 heteroatoms. The van der Waals surface area contributed by atoms with Crippen molar-refractivity contribution in [1.29, 1.82) is 0 Å². The standard InChI is InChI=1S/C17H22F2N2O3/c1-24-12-17(23)21-8-2-7-20(9-10-21)16(22)6-4-13-3-5-14(18)11-15(13)19/h3,5,11H,2,4,6-10,12H2,1H3. The smallest absolute Gasteiger partial charge is 0.248 e. The zero-order valence-corrected chi connectivity index (χ0v) is 13.8. The summed E-state index contributed by atoms with van der Waals surface area (Å²) in [6.07, 6.45) is 1.09.